The Hall–Kier alpha value is -1.74. The third-order valence-electron chi connectivity index (χ3n) is 5.39. The van der Waals surface area contributed by atoms with Crippen molar-refractivity contribution < 1.29 is 4.74 Å². The molecular formula is C21H27ClIN5O. The molecule has 0 spiro atoms. The zero-order valence-corrected chi connectivity index (χ0v) is 19.6. The average Bonchev–Trinajstić information content (AvgIpc) is 3.19. The summed E-state index contributed by atoms with van der Waals surface area (Å²) < 4.78 is 5.76. The zero-order chi connectivity index (χ0) is 19.3. The van der Waals surface area contributed by atoms with E-state index in [4.69, 9.17) is 16.3 Å². The third kappa shape index (κ3) is 5.25. The van der Waals surface area contributed by atoms with Crippen LogP contribution in [0, 0.1) is 0 Å². The minimum absolute atomic E-state index is 0. The van der Waals surface area contributed by atoms with Gasteiger partial charge in [0.1, 0.15) is 11.6 Å². The largest absolute Gasteiger partial charge is 0.493 e. The molecule has 0 aliphatic carbocycles. The SMILES string of the molecule is CN=C(NCC1CCOc2ccccc21)NC1CCN(c2ncccc2Cl)C1.I. The minimum Gasteiger partial charge on any atom is -0.493 e. The molecule has 0 bridgehead atoms. The average molecular weight is 528 g/mol. The van der Waals surface area contributed by atoms with Crippen LogP contribution in [0.5, 0.6) is 5.75 Å². The summed E-state index contributed by atoms with van der Waals surface area (Å²) in [6.07, 6.45) is 3.82. The van der Waals surface area contributed by atoms with Crippen LogP contribution in [0.2, 0.25) is 5.02 Å². The van der Waals surface area contributed by atoms with Crippen LogP contribution >= 0.6 is 35.6 Å². The summed E-state index contributed by atoms with van der Waals surface area (Å²) in [6, 6.07) is 12.4. The van der Waals surface area contributed by atoms with Crippen LogP contribution in [-0.4, -0.2) is 50.3 Å². The van der Waals surface area contributed by atoms with Crippen LogP contribution in [-0.2, 0) is 0 Å². The predicted octanol–water partition coefficient (Wildman–Crippen LogP) is 3.66. The van der Waals surface area contributed by atoms with Gasteiger partial charge in [0.15, 0.2) is 5.96 Å². The van der Waals surface area contributed by atoms with Gasteiger partial charge in [0.2, 0.25) is 0 Å². The van der Waals surface area contributed by atoms with Crippen molar-refractivity contribution in [3.05, 3.63) is 53.2 Å². The first kappa shape index (κ1) is 22.0. The number of aliphatic imine (C=N–C) groups is 1. The fraction of sp³-hybridized carbons (Fsp3) is 0.429. The number of guanidine groups is 1. The molecule has 0 amide bonds. The normalized spacial score (nSPS) is 21.0. The molecule has 2 aromatic rings. The number of pyridine rings is 1. The molecule has 6 nitrogen and oxygen atoms in total. The quantitative estimate of drug-likeness (QED) is 0.361. The van der Waals surface area contributed by atoms with Crippen molar-refractivity contribution in [3.8, 4) is 5.75 Å². The van der Waals surface area contributed by atoms with Gasteiger partial charge in [0.05, 0.1) is 11.6 Å². The molecule has 1 aromatic carbocycles. The van der Waals surface area contributed by atoms with E-state index in [9.17, 15) is 0 Å². The Kier molecular flexibility index (Phi) is 7.83. The smallest absolute Gasteiger partial charge is 0.191 e. The Bertz CT molecular complexity index is 849. The predicted molar refractivity (Wildman–Crippen MR) is 129 cm³/mol. The molecule has 1 fully saturated rings. The van der Waals surface area contributed by atoms with E-state index in [1.807, 2.05) is 31.3 Å². The third-order valence-corrected chi connectivity index (χ3v) is 5.68. The van der Waals surface area contributed by atoms with E-state index in [1.54, 1.807) is 6.20 Å². The van der Waals surface area contributed by atoms with Crippen LogP contribution in [0.1, 0.15) is 24.3 Å². The number of rotatable bonds is 4. The second-order valence-corrected chi connectivity index (χ2v) is 7.62. The molecule has 3 heterocycles. The van der Waals surface area contributed by atoms with E-state index < -0.39 is 0 Å². The molecule has 8 heteroatoms. The summed E-state index contributed by atoms with van der Waals surface area (Å²) in [7, 11) is 1.82. The Morgan fingerprint density at radius 2 is 2.14 bits per heavy atom. The monoisotopic (exact) mass is 527 g/mol. The van der Waals surface area contributed by atoms with Gasteiger partial charge in [0.25, 0.3) is 0 Å². The van der Waals surface area contributed by atoms with Gasteiger partial charge in [-0.15, -0.1) is 24.0 Å². The molecule has 2 aliphatic rings. The second kappa shape index (κ2) is 10.3. The first-order valence-electron chi connectivity index (χ1n) is 9.79. The Morgan fingerprint density at radius 3 is 2.97 bits per heavy atom. The Labute approximate surface area is 194 Å². The van der Waals surface area contributed by atoms with Crippen LogP contribution in [0.15, 0.2) is 47.6 Å². The van der Waals surface area contributed by atoms with E-state index in [0.29, 0.717) is 17.0 Å². The number of anilines is 1. The van der Waals surface area contributed by atoms with E-state index in [0.717, 1.165) is 56.6 Å². The van der Waals surface area contributed by atoms with Gasteiger partial charge in [-0.25, -0.2) is 4.98 Å². The first-order valence-corrected chi connectivity index (χ1v) is 10.2. The van der Waals surface area contributed by atoms with Gasteiger partial charge in [-0.2, -0.15) is 0 Å². The molecule has 0 radical (unpaired) electrons. The summed E-state index contributed by atoms with van der Waals surface area (Å²) in [6.45, 7) is 3.39. The van der Waals surface area contributed by atoms with Gasteiger partial charge < -0.3 is 20.3 Å². The number of fused-ring (bicyclic) bond motifs is 1. The van der Waals surface area contributed by atoms with Crippen LogP contribution < -0.4 is 20.3 Å². The van der Waals surface area contributed by atoms with Gasteiger partial charge >= 0.3 is 0 Å². The Balaban J connectivity index is 0.00000240. The standard InChI is InChI=1S/C21H26ClN5O.HI/c1-23-21(25-13-15-9-12-28-19-7-3-2-5-17(15)19)26-16-8-11-27(14-16)20-18(22)6-4-10-24-20;/h2-7,10,15-16H,8-9,11-14H2,1H3,(H2,23,25,26);1H. The number of nitrogens with one attached hydrogen (secondary N) is 2. The van der Waals surface area contributed by atoms with Crippen molar-refractivity contribution >= 4 is 47.4 Å². The summed E-state index contributed by atoms with van der Waals surface area (Å²) in [5.41, 5.74) is 1.27. The number of nitrogens with zero attached hydrogens (tertiary/aromatic N) is 3. The maximum Gasteiger partial charge on any atom is 0.191 e. The van der Waals surface area contributed by atoms with Gasteiger partial charge in [-0.1, -0.05) is 29.8 Å². The number of halogens is 2. The van der Waals surface area contributed by atoms with E-state index in [2.05, 4.69) is 37.6 Å². The fourth-order valence-corrected chi connectivity index (χ4v) is 4.16. The summed E-state index contributed by atoms with van der Waals surface area (Å²) in [5, 5.41) is 7.74. The molecule has 2 unspecified atom stereocenters. The number of benzene rings is 1. The maximum atomic E-state index is 6.29. The second-order valence-electron chi connectivity index (χ2n) is 7.21. The zero-order valence-electron chi connectivity index (χ0n) is 16.5. The lowest BCUT2D eigenvalue weighted by Gasteiger charge is -2.27. The molecule has 2 atom stereocenters. The van der Waals surface area contributed by atoms with Crippen molar-refractivity contribution in [2.75, 3.05) is 38.2 Å². The number of para-hydroxylation sites is 1. The molecule has 1 aromatic heterocycles. The summed E-state index contributed by atoms with van der Waals surface area (Å²) in [5.74, 6) is 3.12. The fourth-order valence-electron chi connectivity index (χ4n) is 3.92. The number of hydrogen-bond acceptors (Lipinski definition) is 4. The Morgan fingerprint density at radius 1 is 1.28 bits per heavy atom. The molecule has 4 rings (SSSR count). The first-order chi connectivity index (χ1) is 13.7. The van der Waals surface area contributed by atoms with Crippen LogP contribution in [0.3, 0.4) is 0 Å². The van der Waals surface area contributed by atoms with Gasteiger partial charge in [-0.3, -0.25) is 4.99 Å². The topological polar surface area (TPSA) is 61.8 Å². The lowest BCUT2D eigenvalue weighted by Crippen LogP contribution is -2.46. The molecule has 1 saturated heterocycles. The van der Waals surface area contributed by atoms with E-state index in [1.165, 1.54) is 5.56 Å². The molecule has 0 saturated carbocycles. The number of hydrogen-bond donors (Lipinski definition) is 2. The molecule has 156 valence electrons. The number of aromatic nitrogens is 1. The lowest BCUT2D eigenvalue weighted by atomic mass is 9.93. The summed E-state index contributed by atoms with van der Waals surface area (Å²) in [4.78, 5) is 11.1. The molecule has 2 aliphatic heterocycles. The highest BCUT2D eigenvalue weighted by molar-refractivity contribution is 14.0. The van der Waals surface area contributed by atoms with E-state index in [-0.39, 0.29) is 24.0 Å². The van der Waals surface area contributed by atoms with Gasteiger partial charge in [-0.05, 0) is 36.6 Å². The van der Waals surface area contributed by atoms with Crippen LogP contribution in [0.25, 0.3) is 0 Å². The molecule has 2 N–H and O–H groups in total. The maximum absolute atomic E-state index is 6.29. The highest BCUT2D eigenvalue weighted by atomic mass is 127. The molecule has 29 heavy (non-hydrogen) atoms. The van der Waals surface area contributed by atoms with Crippen molar-refractivity contribution in [3.63, 3.8) is 0 Å². The number of ether oxygens (including phenoxy) is 1. The van der Waals surface area contributed by atoms with Crippen LogP contribution in [0.4, 0.5) is 5.82 Å². The summed E-state index contributed by atoms with van der Waals surface area (Å²) >= 11 is 6.29. The van der Waals surface area contributed by atoms with E-state index >= 15 is 0 Å². The minimum atomic E-state index is 0. The highest BCUT2D eigenvalue weighted by Crippen LogP contribution is 2.32. The lowest BCUT2D eigenvalue weighted by molar-refractivity contribution is 0.267. The van der Waals surface area contributed by atoms with Crippen molar-refractivity contribution in [2.24, 2.45) is 4.99 Å². The molecular weight excluding hydrogens is 501 g/mol. The van der Waals surface area contributed by atoms with Gasteiger partial charge in [0, 0.05) is 44.8 Å². The highest BCUT2D eigenvalue weighted by Gasteiger charge is 2.26. The van der Waals surface area contributed by atoms with Crippen molar-refractivity contribution in [2.45, 2.75) is 24.8 Å². The van der Waals surface area contributed by atoms with Crippen molar-refractivity contribution in [1.82, 2.24) is 15.6 Å². The van der Waals surface area contributed by atoms with Crippen molar-refractivity contribution in [1.29, 1.82) is 0 Å².